The molecule has 0 bridgehead atoms. The maximum absolute atomic E-state index is 11.5. The minimum atomic E-state index is -0.460. The molecule has 1 aromatic carbocycles. The van der Waals surface area contributed by atoms with E-state index in [1.165, 1.54) is 6.07 Å². The van der Waals surface area contributed by atoms with E-state index in [9.17, 15) is 14.9 Å². The fourth-order valence-corrected chi connectivity index (χ4v) is 2.38. The molecule has 0 saturated carbocycles. The number of nitrogens with one attached hydrogen (secondary N) is 2. The van der Waals surface area contributed by atoms with Crippen molar-refractivity contribution >= 4 is 28.9 Å². The van der Waals surface area contributed by atoms with Crippen LogP contribution in [0.4, 0.5) is 23.0 Å². The first-order valence-electron chi connectivity index (χ1n) is 7.29. The van der Waals surface area contributed by atoms with Crippen LogP contribution in [0.3, 0.4) is 0 Å². The van der Waals surface area contributed by atoms with Crippen LogP contribution in [0.2, 0.25) is 0 Å². The van der Waals surface area contributed by atoms with Gasteiger partial charge in [0.1, 0.15) is 5.69 Å². The van der Waals surface area contributed by atoms with Gasteiger partial charge in [-0.1, -0.05) is 0 Å². The molecule has 3 rings (SSSR count). The molecule has 1 aromatic heterocycles. The number of nitro groups is 1. The molecular formula is C14H16N6O4. The number of benzene rings is 1. The maximum atomic E-state index is 11.5. The Morgan fingerprint density at radius 2 is 2.21 bits per heavy atom. The van der Waals surface area contributed by atoms with Crippen molar-refractivity contribution in [3.63, 3.8) is 0 Å². The fraction of sp³-hybridized carbons (Fsp3) is 0.357. The van der Waals surface area contributed by atoms with Crippen molar-refractivity contribution in [2.45, 2.75) is 19.4 Å². The summed E-state index contributed by atoms with van der Waals surface area (Å²) in [5, 5.41) is 20.7. The molecule has 0 spiro atoms. The SMILES string of the molecule is CN(C)c1noc(CNc2cc3c(cc2[N+](=O)[O-])CCC(=O)N3)n1. The first kappa shape index (κ1) is 15.7. The van der Waals surface area contributed by atoms with Crippen molar-refractivity contribution in [1.82, 2.24) is 10.1 Å². The van der Waals surface area contributed by atoms with Gasteiger partial charge in [0, 0.05) is 32.3 Å². The summed E-state index contributed by atoms with van der Waals surface area (Å²) in [5.74, 6) is 0.614. The topological polar surface area (TPSA) is 126 Å². The zero-order valence-corrected chi connectivity index (χ0v) is 13.2. The molecule has 0 saturated heterocycles. The molecular weight excluding hydrogens is 316 g/mol. The molecule has 0 atom stereocenters. The Balaban J connectivity index is 1.84. The third-order valence-electron chi connectivity index (χ3n) is 3.60. The van der Waals surface area contributed by atoms with Crippen LogP contribution in [0.25, 0.3) is 0 Å². The number of amides is 1. The van der Waals surface area contributed by atoms with Gasteiger partial charge in [0.15, 0.2) is 0 Å². The molecule has 24 heavy (non-hydrogen) atoms. The lowest BCUT2D eigenvalue weighted by atomic mass is 10.0. The van der Waals surface area contributed by atoms with Crippen LogP contribution >= 0.6 is 0 Å². The van der Waals surface area contributed by atoms with Crippen molar-refractivity contribution in [2.24, 2.45) is 0 Å². The van der Waals surface area contributed by atoms with Crippen molar-refractivity contribution < 1.29 is 14.2 Å². The highest BCUT2D eigenvalue weighted by Gasteiger charge is 2.22. The minimum Gasteiger partial charge on any atom is -0.370 e. The summed E-state index contributed by atoms with van der Waals surface area (Å²) >= 11 is 0. The molecule has 1 amide bonds. The number of nitrogens with zero attached hydrogens (tertiary/aromatic N) is 4. The van der Waals surface area contributed by atoms with Gasteiger partial charge in [-0.15, -0.1) is 0 Å². The summed E-state index contributed by atoms with van der Waals surface area (Å²) in [6.07, 6.45) is 0.810. The van der Waals surface area contributed by atoms with Gasteiger partial charge in [-0.2, -0.15) is 4.98 Å². The Bertz CT molecular complexity index is 801. The monoisotopic (exact) mass is 332 g/mol. The third-order valence-corrected chi connectivity index (χ3v) is 3.60. The number of nitro benzene ring substituents is 1. The number of aromatic nitrogens is 2. The van der Waals surface area contributed by atoms with E-state index in [0.29, 0.717) is 30.4 Å². The molecule has 0 fully saturated rings. The van der Waals surface area contributed by atoms with Gasteiger partial charge < -0.3 is 20.1 Å². The maximum Gasteiger partial charge on any atom is 0.292 e. The molecule has 1 aliphatic heterocycles. The van der Waals surface area contributed by atoms with Crippen LogP contribution in [-0.2, 0) is 17.8 Å². The van der Waals surface area contributed by atoms with Crippen LogP contribution in [0.5, 0.6) is 0 Å². The third kappa shape index (κ3) is 3.12. The average Bonchev–Trinajstić information content (AvgIpc) is 3.01. The van der Waals surface area contributed by atoms with E-state index in [-0.39, 0.29) is 23.8 Å². The van der Waals surface area contributed by atoms with Gasteiger partial charge in [-0.3, -0.25) is 14.9 Å². The number of carbonyl (C=O) groups is 1. The van der Waals surface area contributed by atoms with Crippen LogP contribution in [-0.4, -0.2) is 35.1 Å². The first-order valence-corrected chi connectivity index (χ1v) is 7.29. The molecule has 0 radical (unpaired) electrons. The van der Waals surface area contributed by atoms with Crippen molar-refractivity contribution in [1.29, 1.82) is 0 Å². The van der Waals surface area contributed by atoms with E-state index in [2.05, 4.69) is 20.8 Å². The van der Waals surface area contributed by atoms with Crippen LogP contribution in [0.15, 0.2) is 16.7 Å². The number of anilines is 3. The summed E-state index contributed by atoms with van der Waals surface area (Å²) < 4.78 is 5.07. The predicted molar refractivity (Wildman–Crippen MR) is 86.0 cm³/mol. The van der Waals surface area contributed by atoms with Gasteiger partial charge in [0.25, 0.3) is 11.6 Å². The lowest BCUT2D eigenvalue weighted by Gasteiger charge is -2.18. The van der Waals surface area contributed by atoms with Crippen molar-refractivity contribution in [2.75, 3.05) is 29.6 Å². The molecule has 1 aliphatic rings. The number of hydrogen-bond donors (Lipinski definition) is 2. The highest BCUT2D eigenvalue weighted by atomic mass is 16.6. The zero-order valence-electron chi connectivity index (χ0n) is 13.2. The summed E-state index contributed by atoms with van der Waals surface area (Å²) in [7, 11) is 3.55. The van der Waals surface area contributed by atoms with E-state index in [1.54, 1.807) is 25.1 Å². The normalized spacial score (nSPS) is 13.2. The summed E-state index contributed by atoms with van der Waals surface area (Å²) in [4.78, 5) is 28.2. The number of fused-ring (bicyclic) bond motifs is 1. The molecule has 10 nitrogen and oxygen atoms in total. The summed E-state index contributed by atoms with van der Waals surface area (Å²) in [6.45, 7) is 0.133. The number of aryl methyl sites for hydroxylation is 1. The second kappa shape index (κ2) is 6.14. The summed E-state index contributed by atoms with van der Waals surface area (Å²) in [6, 6.07) is 3.05. The predicted octanol–water partition coefficient (Wildman–Crippen LogP) is 1.54. The van der Waals surface area contributed by atoms with Gasteiger partial charge in [-0.25, -0.2) is 0 Å². The second-order valence-electron chi connectivity index (χ2n) is 5.57. The molecule has 2 heterocycles. The highest BCUT2D eigenvalue weighted by Crippen LogP contribution is 2.34. The smallest absolute Gasteiger partial charge is 0.292 e. The average molecular weight is 332 g/mol. The highest BCUT2D eigenvalue weighted by molar-refractivity contribution is 5.95. The molecule has 0 aliphatic carbocycles. The largest absolute Gasteiger partial charge is 0.370 e. The molecule has 0 unspecified atom stereocenters. The van der Waals surface area contributed by atoms with Gasteiger partial charge >= 0.3 is 0 Å². The van der Waals surface area contributed by atoms with Crippen LogP contribution < -0.4 is 15.5 Å². The Kier molecular flexibility index (Phi) is 4.02. The van der Waals surface area contributed by atoms with Gasteiger partial charge in [-0.05, 0) is 23.2 Å². The fourth-order valence-electron chi connectivity index (χ4n) is 2.38. The molecule has 2 aromatic rings. The van der Waals surface area contributed by atoms with E-state index in [4.69, 9.17) is 4.52 Å². The van der Waals surface area contributed by atoms with E-state index in [0.717, 1.165) is 5.56 Å². The second-order valence-corrected chi connectivity index (χ2v) is 5.57. The van der Waals surface area contributed by atoms with Crippen LogP contribution in [0.1, 0.15) is 17.9 Å². The molecule has 126 valence electrons. The lowest BCUT2D eigenvalue weighted by molar-refractivity contribution is -0.384. The van der Waals surface area contributed by atoms with E-state index in [1.807, 2.05) is 0 Å². The number of hydrogen-bond acceptors (Lipinski definition) is 8. The van der Waals surface area contributed by atoms with E-state index >= 15 is 0 Å². The zero-order chi connectivity index (χ0) is 17.3. The first-order chi connectivity index (χ1) is 11.4. The van der Waals surface area contributed by atoms with Gasteiger partial charge in [0.05, 0.1) is 11.5 Å². The van der Waals surface area contributed by atoms with E-state index < -0.39 is 4.92 Å². The Labute approximate surface area is 137 Å². The Hall–Kier alpha value is -3.17. The number of rotatable bonds is 5. The molecule has 2 N–H and O–H groups in total. The minimum absolute atomic E-state index is 0.0581. The number of carbonyl (C=O) groups excluding carboxylic acids is 1. The molecule has 10 heteroatoms. The van der Waals surface area contributed by atoms with Crippen LogP contribution in [0, 0.1) is 10.1 Å². The van der Waals surface area contributed by atoms with Crippen molar-refractivity contribution in [3.05, 3.63) is 33.7 Å². The van der Waals surface area contributed by atoms with Crippen molar-refractivity contribution in [3.8, 4) is 0 Å². The summed E-state index contributed by atoms with van der Waals surface area (Å²) in [5.41, 5.74) is 1.56. The lowest BCUT2D eigenvalue weighted by Crippen LogP contribution is -2.19. The standard InChI is InChI=1S/C14H16N6O4/c1-19(2)14-17-13(24-18-14)7-15-10-6-9-8(3-4-12(21)16-9)5-11(10)20(22)23/h5-6,15H,3-4,7H2,1-2H3,(H,16,21). The Morgan fingerprint density at radius 1 is 1.42 bits per heavy atom. The van der Waals surface area contributed by atoms with Gasteiger partial charge in [0.2, 0.25) is 11.8 Å². The quantitative estimate of drug-likeness (QED) is 0.623. The Morgan fingerprint density at radius 3 is 2.88 bits per heavy atom.